The Bertz CT molecular complexity index is 363. The number of anilines is 1. The van der Waals surface area contributed by atoms with Crippen molar-refractivity contribution in [2.24, 2.45) is 5.73 Å². The van der Waals surface area contributed by atoms with Gasteiger partial charge in [-0.05, 0) is 18.9 Å². The molecule has 5 heteroatoms. The Labute approximate surface area is 102 Å². The first kappa shape index (κ1) is 12.8. The van der Waals surface area contributed by atoms with Crippen molar-refractivity contribution in [1.29, 1.82) is 0 Å². The van der Waals surface area contributed by atoms with E-state index in [1.165, 1.54) is 0 Å². The molecular formula is C11H18N4S. The number of nitrogens with zero attached hydrogens (tertiary/aromatic N) is 3. The zero-order valence-electron chi connectivity index (χ0n) is 9.97. The van der Waals surface area contributed by atoms with E-state index in [0.29, 0.717) is 22.7 Å². The highest BCUT2D eigenvalue weighted by Crippen LogP contribution is 2.13. The van der Waals surface area contributed by atoms with E-state index in [1.807, 2.05) is 7.05 Å². The molecule has 0 unspecified atom stereocenters. The quantitative estimate of drug-likeness (QED) is 0.792. The normalized spacial score (nSPS) is 10.5. The molecule has 0 aliphatic rings. The number of aromatic nitrogens is 2. The molecule has 0 atom stereocenters. The Balaban J connectivity index is 2.94. The van der Waals surface area contributed by atoms with Crippen molar-refractivity contribution >= 4 is 23.2 Å². The minimum Gasteiger partial charge on any atom is -0.388 e. The zero-order valence-corrected chi connectivity index (χ0v) is 10.8. The fourth-order valence-corrected chi connectivity index (χ4v) is 1.77. The number of rotatable bonds is 5. The first-order chi connectivity index (χ1) is 7.60. The molecule has 0 fully saturated rings. The summed E-state index contributed by atoms with van der Waals surface area (Å²) in [5.41, 5.74) is 6.17. The van der Waals surface area contributed by atoms with Crippen molar-refractivity contribution in [2.75, 3.05) is 11.9 Å². The molecule has 2 N–H and O–H groups in total. The predicted octanol–water partition coefficient (Wildman–Crippen LogP) is 1.74. The van der Waals surface area contributed by atoms with Crippen LogP contribution in [0.4, 0.5) is 5.95 Å². The van der Waals surface area contributed by atoms with E-state index in [9.17, 15) is 0 Å². The van der Waals surface area contributed by atoms with Gasteiger partial charge in [0.2, 0.25) is 5.95 Å². The van der Waals surface area contributed by atoms with E-state index in [4.69, 9.17) is 18.0 Å². The van der Waals surface area contributed by atoms with Crippen molar-refractivity contribution in [1.82, 2.24) is 9.97 Å². The van der Waals surface area contributed by atoms with Crippen LogP contribution in [-0.2, 0) is 0 Å². The van der Waals surface area contributed by atoms with Gasteiger partial charge in [0.1, 0.15) is 10.7 Å². The molecule has 1 aromatic heterocycles. The van der Waals surface area contributed by atoms with Crippen LogP contribution in [0.15, 0.2) is 12.3 Å². The van der Waals surface area contributed by atoms with Gasteiger partial charge in [0.05, 0.1) is 0 Å². The monoisotopic (exact) mass is 238 g/mol. The molecule has 88 valence electrons. The summed E-state index contributed by atoms with van der Waals surface area (Å²) >= 11 is 4.90. The van der Waals surface area contributed by atoms with Gasteiger partial charge in [0.15, 0.2) is 0 Å². The molecule has 1 heterocycles. The molecule has 0 aliphatic carbocycles. The molecule has 0 saturated carbocycles. The van der Waals surface area contributed by atoms with Gasteiger partial charge in [-0.2, -0.15) is 0 Å². The van der Waals surface area contributed by atoms with Gasteiger partial charge < -0.3 is 10.6 Å². The minimum atomic E-state index is 0.307. The second-order valence-corrected chi connectivity index (χ2v) is 4.13. The number of hydrogen-bond acceptors (Lipinski definition) is 4. The lowest BCUT2D eigenvalue weighted by atomic mass is 10.1. The van der Waals surface area contributed by atoms with Crippen molar-refractivity contribution in [3.8, 4) is 0 Å². The van der Waals surface area contributed by atoms with Gasteiger partial charge in [-0.1, -0.05) is 26.1 Å². The smallest absolute Gasteiger partial charge is 0.225 e. The summed E-state index contributed by atoms with van der Waals surface area (Å²) in [5, 5.41) is 0. The third-order valence-electron chi connectivity index (χ3n) is 2.70. The Morgan fingerprint density at radius 3 is 2.62 bits per heavy atom. The first-order valence-electron chi connectivity index (χ1n) is 5.45. The standard InChI is InChI=1S/C11H18N4S/c1-4-8(5-2)15(3)11-13-7-6-9(14-11)10(12)16/h6-8H,4-5H2,1-3H3,(H2,12,16). The lowest BCUT2D eigenvalue weighted by Crippen LogP contribution is -2.32. The van der Waals surface area contributed by atoms with Gasteiger partial charge >= 0.3 is 0 Å². The van der Waals surface area contributed by atoms with Crippen molar-refractivity contribution < 1.29 is 0 Å². The molecule has 1 aromatic rings. The largest absolute Gasteiger partial charge is 0.388 e. The molecule has 0 aromatic carbocycles. The third kappa shape index (κ3) is 2.88. The van der Waals surface area contributed by atoms with Gasteiger partial charge in [-0.25, -0.2) is 9.97 Å². The summed E-state index contributed by atoms with van der Waals surface area (Å²) in [6, 6.07) is 2.17. The van der Waals surface area contributed by atoms with Crippen LogP contribution in [0, 0.1) is 0 Å². The molecule has 0 aliphatic heterocycles. The Hall–Kier alpha value is -1.23. The maximum atomic E-state index is 5.55. The van der Waals surface area contributed by atoms with E-state index < -0.39 is 0 Å². The van der Waals surface area contributed by atoms with E-state index in [-0.39, 0.29) is 0 Å². The number of thiocarbonyl (C=S) groups is 1. The lowest BCUT2D eigenvalue weighted by Gasteiger charge is -2.26. The van der Waals surface area contributed by atoms with Crippen LogP contribution < -0.4 is 10.6 Å². The first-order valence-corrected chi connectivity index (χ1v) is 5.86. The fourth-order valence-electron chi connectivity index (χ4n) is 1.66. The minimum absolute atomic E-state index is 0.307. The highest BCUT2D eigenvalue weighted by Gasteiger charge is 2.14. The van der Waals surface area contributed by atoms with Crippen LogP contribution in [0.3, 0.4) is 0 Å². The summed E-state index contributed by atoms with van der Waals surface area (Å²) in [6.45, 7) is 4.31. The molecule has 4 nitrogen and oxygen atoms in total. The Morgan fingerprint density at radius 2 is 2.12 bits per heavy atom. The highest BCUT2D eigenvalue weighted by atomic mass is 32.1. The van der Waals surface area contributed by atoms with Crippen LogP contribution in [-0.4, -0.2) is 28.0 Å². The molecule has 16 heavy (non-hydrogen) atoms. The second kappa shape index (κ2) is 5.75. The van der Waals surface area contributed by atoms with Gasteiger partial charge in [0.25, 0.3) is 0 Å². The van der Waals surface area contributed by atoms with E-state index in [2.05, 4.69) is 28.7 Å². The molecule has 0 saturated heterocycles. The van der Waals surface area contributed by atoms with Crippen molar-refractivity contribution in [3.63, 3.8) is 0 Å². The predicted molar refractivity (Wildman–Crippen MR) is 70.7 cm³/mol. The van der Waals surface area contributed by atoms with E-state index >= 15 is 0 Å². The maximum Gasteiger partial charge on any atom is 0.225 e. The van der Waals surface area contributed by atoms with Crippen molar-refractivity contribution in [3.05, 3.63) is 18.0 Å². The summed E-state index contributed by atoms with van der Waals surface area (Å²) < 4.78 is 0. The third-order valence-corrected chi connectivity index (χ3v) is 2.91. The average Bonchev–Trinajstić information content (AvgIpc) is 2.30. The van der Waals surface area contributed by atoms with Gasteiger partial charge in [-0.3, -0.25) is 0 Å². The fraction of sp³-hybridized carbons (Fsp3) is 0.545. The van der Waals surface area contributed by atoms with E-state index in [1.54, 1.807) is 12.3 Å². The van der Waals surface area contributed by atoms with Crippen LogP contribution in [0.5, 0.6) is 0 Å². The van der Waals surface area contributed by atoms with Crippen LogP contribution in [0.2, 0.25) is 0 Å². The molecular weight excluding hydrogens is 220 g/mol. The Kier molecular flexibility index (Phi) is 4.61. The van der Waals surface area contributed by atoms with Crippen LogP contribution in [0.1, 0.15) is 32.4 Å². The Morgan fingerprint density at radius 1 is 1.50 bits per heavy atom. The summed E-state index contributed by atoms with van der Waals surface area (Å²) in [7, 11) is 2.00. The summed E-state index contributed by atoms with van der Waals surface area (Å²) in [6.07, 6.45) is 3.82. The molecule has 0 radical (unpaired) electrons. The summed E-state index contributed by atoms with van der Waals surface area (Å²) in [5.74, 6) is 0.680. The SMILES string of the molecule is CCC(CC)N(C)c1nccc(C(N)=S)n1. The molecule has 0 spiro atoms. The topological polar surface area (TPSA) is 55.0 Å². The van der Waals surface area contributed by atoms with Gasteiger partial charge in [0, 0.05) is 19.3 Å². The number of hydrogen-bond donors (Lipinski definition) is 1. The van der Waals surface area contributed by atoms with Crippen molar-refractivity contribution in [2.45, 2.75) is 32.7 Å². The van der Waals surface area contributed by atoms with Gasteiger partial charge in [-0.15, -0.1) is 0 Å². The lowest BCUT2D eigenvalue weighted by molar-refractivity contribution is 0.581. The molecule has 0 bridgehead atoms. The van der Waals surface area contributed by atoms with Crippen LogP contribution >= 0.6 is 12.2 Å². The summed E-state index contributed by atoms with van der Waals surface area (Å²) in [4.78, 5) is 11.0. The molecule has 0 amide bonds. The average molecular weight is 238 g/mol. The van der Waals surface area contributed by atoms with E-state index in [0.717, 1.165) is 12.8 Å². The zero-order chi connectivity index (χ0) is 12.1. The number of nitrogens with two attached hydrogens (primary N) is 1. The molecule has 1 rings (SSSR count). The second-order valence-electron chi connectivity index (χ2n) is 3.69. The highest BCUT2D eigenvalue weighted by molar-refractivity contribution is 7.80. The van der Waals surface area contributed by atoms with Crippen LogP contribution in [0.25, 0.3) is 0 Å². The maximum absolute atomic E-state index is 5.55.